The Labute approximate surface area is 82.9 Å². The van der Waals surface area contributed by atoms with E-state index in [-0.39, 0.29) is 0 Å². The molecule has 2 N–H and O–H groups in total. The fourth-order valence-electron chi connectivity index (χ4n) is 1.31. The van der Waals surface area contributed by atoms with Gasteiger partial charge in [0.2, 0.25) is 0 Å². The van der Waals surface area contributed by atoms with Crippen LogP contribution in [0.3, 0.4) is 0 Å². The van der Waals surface area contributed by atoms with Crippen molar-refractivity contribution in [2.75, 3.05) is 0 Å². The topological polar surface area (TPSA) is 26.0 Å². The maximum Gasteiger partial charge on any atom is 0.162 e. The van der Waals surface area contributed by atoms with Crippen LogP contribution in [0.4, 0.5) is 8.78 Å². The van der Waals surface area contributed by atoms with Crippen molar-refractivity contribution in [3.8, 4) is 0 Å². The lowest BCUT2D eigenvalue weighted by Gasteiger charge is -2.19. The summed E-state index contributed by atoms with van der Waals surface area (Å²) >= 11 is 0. The minimum atomic E-state index is -0.775. The molecule has 0 aliphatic rings. The van der Waals surface area contributed by atoms with E-state index in [9.17, 15) is 8.78 Å². The molecule has 0 saturated heterocycles. The fourth-order valence-corrected chi connectivity index (χ4v) is 1.31. The fraction of sp³-hybridized carbons (Fsp3) is 0.455. The molecule has 1 aromatic rings. The zero-order valence-corrected chi connectivity index (χ0v) is 8.70. The van der Waals surface area contributed by atoms with Gasteiger partial charge in [0, 0.05) is 5.54 Å². The molecule has 0 atom stereocenters. The molecule has 0 amide bonds. The Morgan fingerprint density at radius 3 is 2.29 bits per heavy atom. The van der Waals surface area contributed by atoms with Gasteiger partial charge < -0.3 is 5.73 Å². The van der Waals surface area contributed by atoms with Crippen LogP contribution in [0.25, 0.3) is 0 Å². The van der Waals surface area contributed by atoms with Crippen LogP contribution in [0.15, 0.2) is 12.1 Å². The Bertz CT molecular complexity index is 340. The largest absolute Gasteiger partial charge is 0.325 e. The molecule has 1 nitrogen and oxygen atoms in total. The van der Waals surface area contributed by atoms with Gasteiger partial charge in [-0.3, -0.25) is 0 Å². The Morgan fingerprint density at radius 1 is 1.21 bits per heavy atom. The highest BCUT2D eigenvalue weighted by atomic mass is 19.2. The van der Waals surface area contributed by atoms with Crippen molar-refractivity contribution in [3.05, 3.63) is 34.9 Å². The Kier molecular flexibility index (Phi) is 2.90. The highest BCUT2D eigenvalue weighted by Crippen LogP contribution is 2.19. The van der Waals surface area contributed by atoms with E-state index in [0.717, 1.165) is 0 Å². The average molecular weight is 199 g/mol. The molecule has 0 saturated carbocycles. The second-order valence-corrected chi connectivity index (χ2v) is 4.33. The van der Waals surface area contributed by atoms with E-state index in [4.69, 9.17) is 5.73 Å². The van der Waals surface area contributed by atoms with Crippen LogP contribution in [-0.2, 0) is 6.42 Å². The van der Waals surface area contributed by atoms with Crippen LogP contribution in [0, 0.1) is 18.6 Å². The number of hydrogen-bond donors (Lipinski definition) is 1. The summed E-state index contributed by atoms with van der Waals surface area (Å²) in [4.78, 5) is 0. The van der Waals surface area contributed by atoms with Crippen LogP contribution < -0.4 is 5.73 Å². The molecular weight excluding hydrogens is 184 g/mol. The number of hydrogen-bond acceptors (Lipinski definition) is 1. The first-order chi connectivity index (χ1) is 6.31. The molecule has 14 heavy (non-hydrogen) atoms. The summed E-state index contributed by atoms with van der Waals surface area (Å²) in [6, 6.07) is 3.15. The van der Waals surface area contributed by atoms with E-state index in [2.05, 4.69) is 0 Å². The van der Waals surface area contributed by atoms with E-state index in [0.29, 0.717) is 17.5 Å². The van der Waals surface area contributed by atoms with Gasteiger partial charge >= 0.3 is 0 Å². The zero-order valence-electron chi connectivity index (χ0n) is 8.70. The molecule has 0 fully saturated rings. The standard InChI is InChI=1S/C11H15F2N/c1-7-4-5-8(6-11(2,3)14)10(13)9(7)12/h4-5H,6,14H2,1-3H3. The third-order valence-electron chi connectivity index (χ3n) is 2.00. The van der Waals surface area contributed by atoms with Crippen molar-refractivity contribution in [2.45, 2.75) is 32.7 Å². The summed E-state index contributed by atoms with van der Waals surface area (Å²) in [6.07, 6.45) is 0.329. The van der Waals surface area contributed by atoms with Crippen LogP contribution >= 0.6 is 0 Å². The lowest BCUT2D eigenvalue weighted by atomic mass is 9.95. The smallest absolute Gasteiger partial charge is 0.162 e. The second kappa shape index (κ2) is 3.65. The van der Waals surface area contributed by atoms with E-state index < -0.39 is 17.2 Å². The number of rotatable bonds is 2. The maximum atomic E-state index is 13.4. The van der Waals surface area contributed by atoms with Gasteiger partial charge in [-0.2, -0.15) is 0 Å². The molecule has 78 valence electrons. The highest BCUT2D eigenvalue weighted by Gasteiger charge is 2.17. The summed E-state index contributed by atoms with van der Waals surface area (Å²) in [6.45, 7) is 5.10. The molecule has 0 radical (unpaired) electrons. The second-order valence-electron chi connectivity index (χ2n) is 4.33. The predicted molar refractivity (Wildman–Crippen MR) is 53.1 cm³/mol. The van der Waals surface area contributed by atoms with Crippen LogP contribution in [-0.4, -0.2) is 5.54 Å². The Morgan fingerprint density at radius 2 is 1.79 bits per heavy atom. The molecule has 0 bridgehead atoms. The third-order valence-corrected chi connectivity index (χ3v) is 2.00. The number of nitrogens with two attached hydrogens (primary N) is 1. The van der Waals surface area contributed by atoms with Gasteiger partial charge in [0.1, 0.15) is 0 Å². The molecule has 0 aliphatic carbocycles. The van der Waals surface area contributed by atoms with Crippen LogP contribution in [0.2, 0.25) is 0 Å². The molecule has 1 aromatic carbocycles. The number of benzene rings is 1. The van der Waals surface area contributed by atoms with Crippen molar-refractivity contribution in [2.24, 2.45) is 5.73 Å². The van der Waals surface area contributed by atoms with E-state index in [1.54, 1.807) is 26.0 Å². The van der Waals surface area contributed by atoms with Gasteiger partial charge in [0.05, 0.1) is 0 Å². The lowest BCUT2D eigenvalue weighted by molar-refractivity contribution is 0.463. The van der Waals surface area contributed by atoms with Gasteiger partial charge in [-0.05, 0) is 38.3 Å². The Hall–Kier alpha value is -0.960. The van der Waals surface area contributed by atoms with Crippen molar-refractivity contribution in [1.82, 2.24) is 0 Å². The number of halogens is 2. The quantitative estimate of drug-likeness (QED) is 0.778. The van der Waals surface area contributed by atoms with Crippen molar-refractivity contribution < 1.29 is 8.78 Å². The zero-order chi connectivity index (χ0) is 10.9. The van der Waals surface area contributed by atoms with Crippen molar-refractivity contribution in [3.63, 3.8) is 0 Å². The SMILES string of the molecule is Cc1ccc(CC(C)(C)N)c(F)c1F. The summed E-state index contributed by atoms with van der Waals surface area (Å²) in [5, 5.41) is 0. The van der Waals surface area contributed by atoms with E-state index >= 15 is 0 Å². The summed E-state index contributed by atoms with van der Waals surface area (Å²) < 4.78 is 26.5. The predicted octanol–water partition coefficient (Wildman–Crippen LogP) is 2.55. The normalized spacial score (nSPS) is 11.9. The Balaban J connectivity index is 3.06. The van der Waals surface area contributed by atoms with Crippen molar-refractivity contribution >= 4 is 0 Å². The average Bonchev–Trinajstić information content (AvgIpc) is 2.04. The molecule has 0 heterocycles. The minimum absolute atomic E-state index is 0.320. The third kappa shape index (κ3) is 2.51. The van der Waals surface area contributed by atoms with E-state index in [1.165, 1.54) is 6.92 Å². The van der Waals surface area contributed by atoms with Gasteiger partial charge in [0.25, 0.3) is 0 Å². The number of aryl methyl sites for hydroxylation is 1. The molecule has 1 rings (SSSR count). The minimum Gasteiger partial charge on any atom is -0.325 e. The van der Waals surface area contributed by atoms with Gasteiger partial charge in [-0.15, -0.1) is 0 Å². The van der Waals surface area contributed by atoms with Crippen molar-refractivity contribution in [1.29, 1.82) is 0 Å². The molecule has 0 spiro atoms. The molecule has 0 unspecified atom stereocenters. The molecule has 0 aromatic heterocycles. The monoisotopic (exact) mass is 199 g/mol. The first kappa shape index (κ1) is 11.1. The lowest BCUT2D eigenvalue weighted by Crippen LogP contribution is -2.34. The summed E-state index contributed by atoms with van der Waals surface area (Å²) in [5.41, 5.74) is 5.86. The molecular formula is C11H15F2N. The highest BCUT2D eigenvalue weighted by molar-refractivity contribution is 5.26. The van der Waals surface area contributed by atoms with Crippen LogP contribution in [0.5, 0.6) is 0 Å². The first-order valence-electron chi connectivity index (χ1n) is 4.53. The summed E-state index contributed by atoms with van der Waals surface area (Å²) in [7, 11) is 0. The summed E-state index contributed by atoms with van der Waals surface area (Å²) in [5.74, 6) is -1.55. The van der Waals surface area contributed by atoms with Crippen LogP contribution in [0.1, 0.15) is 25.0 Å². The molecule has 3 heteroatoms. The first-order valence-corrected chi connectivity index (χ1v) is 4.53. The van der Waals surface area contributed by atoms with Gasteiger partial charge in [0.15, 0.2) is 11.6 Å². The van der Waals surface area contributed by atoms with E-state index in [1.807, 2.05) is 0 Å². The molecule has 0 aliphatic heterocycles. The van der Waals surface area contributed by atoms with Gasteiger partial charge in [-0.25, -0.2) is 8.78 Å². The maximum absolute atomic E-state index is 13.4. The van der Waals surface area contributed by atoms with Gasteiger partial charge in [-0.1, -0.05) is 12.1 Å².